The molecule has 2 aliphatic carbocycles. The smallest absolute Gasteiger partial charge is 0.244 e. The molecule has 1 aliphatic heterocycles. The van der Waals surface area contributed by atoms with Gasteiger partial charge in [0.25, 0.3) is 0 Å². The summed E-state index contributed by atoms with van der Waals surface area (Å²) in [6.45, 7) is -0.0929. The van der Waals surface area contributed by atoms with Crippen LogP contribution in [0, 0.1) is 11.3 Å². The lowest BCUT2D eigenvalue weighted by atomic mass is 9.94. The van der Waals surface area contributed by atoms with E-state index in [1.807, 2.05) is 48.5 Å². The number of amides is 2. The number of rotatable bonds is 8. The van der Waals surface area contributed by atoms with Crippen molar-refractivity contribution in [2.45, 2.75) is 59.6 Å². The first kappa shape index (κ1) is 27.5. The molecule has 9 heteroatoms. The minimum Gasteiger partial charge on any atom is -0.336 e. The molecule has 41 heavy (non-hydrogen) atoms. The van der Waals surface area contributed by atoms with Gasteiger partial charge in [-0.2, -0.15) is 5.26 Å². The van der Waals surface area contributed by atoms with Gasteiger partial charge in [0.15, 0.2) is 9.84 Å². The molecule has 0 spiro atoms. The second-order valence-corrected chi connectivity index (χ2v) is 14.1. The van der Waals surface area contributed by atoms with Gasteiger partial charge in [-0.25, -0.2) is 8.42 Å². The van der Waals surface area contributed by atoms with Crippen molar-refractivity contribution in [1.29, 1.82) is 5.26 Å². The van der Waals surface area contributed by atoms with Gasteiger partial charge in [-0.05, 0) is 60.9 Å². The van der Waals surface area contributed by atoms with E-state index in [-0.39, 0.29) is 18.9 Å². The number of halogens is 1. The highest BCUT2D eigenvalue weighted by atomic mass is 35.5. The summed E-state index contributed by atoms with van der Waals surface area (Å²) >= 11 is 6.09. The molecular weight excluding hydrogens is 558 g/mol. The van der Waals surface area contributed by atoms with E-state index in [2.05, 4.69) is 11.4 Å². The lowest BCUT2D eigenvalue weighted by Gasteiger charge is -2.29. The Morgan fingerprint density at radius 1 is 0.902 bits per heavy atom. The van der Waals surface area contributed by atoms with Gasteiger partial charge in [-0.15, -0.1) is 0 Å². The van der Waals surface area contributed by atoms with Crippen LogP contribution in [-0.2, 0) is 24.8 Å². The van der Waals surface area contributed by atoms with Gasteiger partial charge in [-0.3, -0.25) is 9.59 Å². The molecule has 1 heterocycles. The molecule has 1 N–H and O–H groups in total. The molecule has 2 amide bonds. The average molecular weight is 588 g/mol. The predicted octanol–water partition coefficient (Wildman–Crippen LogP) is 4.72. The number of carbonyl (C=O) groups excluding carboxylic acids is 2. The Labute approximate surface area is 245 Å². The molecule has 0 radical (unpaired) electrons. The summed E-state index contributed by atoms with van der Waals surface area (Å²) in [6.07, 6.45) is 2.25. The zero-order chi connectivity index (χ0) is 28.8. The predicted molar refractivity (Wildman–Crippen MR) is 156 cm³/mol. The minimum absolute atomic E-state index is 0.0335. The van der Waals surface area contributed by atoms with Gasteiger partial charge in [0.2, 0.25) is 11.8 Å². The fourth-order valence-electron chi connectivity index (χ4n) is 6.03. The molecule has 3 aromatic rings. The summed E-state index contributed by atoms with van der Waals surface area (Å²) in [5.74, 6) is -0.728. The van der Waals surface area contributed by atoms with Crippen LogP contribution in [0.1, 0.15) is 54.0 Å². The summed E-state index contributed by atoms with van der Waals surface area (Å²) < 4.78 is 28.9. The van der Waals surface area contributed by atoms with Crippen LogP contribution in [-0.4, -0.2) is 48.5 Å². The zero-order valence-electron chi connectivity index (χ0n) is 22.4. The third kappa shape index (κ3) is 5.02. The van der Waals surface area contributed by atoms with Crippen molar-refractivity contribution in [1.82, 2.24) is 10.2 Å². The quantitative estimate of drug-likeness (QED) is 0.410. The van der Waals surface area contributed by atoms with E-state index >= 15 is 0 Å². The van der Waals surface area contributed by atoms with E-state index in [1.54, 1.807) is 36.4 Å². The molecule has 2 atom stereocenters. The van der Waals surface area contributed by atoms with E-state index in [1.165, 1.54) is 4.90 Å². The van der Waals surface area contributed by atoms with Crippen LogP contribution < -0.4 is 5.32 Å². The van der Waals surface area contributed by atoms with Gasteiger partial charge in [0.05, 0.1) is 16.7 Å². The van der Waals surface area contributed by atoms with Crippen molar-refractivity contribution in [3.8, 4) is 6.07 Å². The van der Waals surface area contributed by atoms with Crippen molar-refractivity contribution < 1.29 is 18.0 Å². The summed E-state index contributed by atoms with van der Waals surface area (Å²) in [5.41, 5.74) is 0.315. The highest BCUT2D eigenvalue weighted by Gasteiger charge is 2.58. The second-order valence-electron chi connectivity index (χ2n) is 11.4. The van der Waals surface area contributed by atoms with E-state index < -0.39 is 43.2 Å². The topological polar surface area (TPSA) is 107 Å². The van der Waals surface area contributed by atoms with Crippen LogP contribution in [0.4, 0.5) is 0 Å². The first-order chi connectivity index (χ1) is 19.7. The normalized spacial score (nSPS) is 22.1. The van der Waals surface area contributed by atoms with E-state index in [4.69, 9.17) is 11.6 Å². The fraction of sp³-hybridized carbons (Fsp3) is 0.344. The van der Waals surface area contributed by atoms with Crippen LogP contribution in [0.15, 0.2) is 84.9 Å². The summed E-state index contributed by atoms with van der Waals surface area (Å²) in [5, 5.41) is 11.0. The third-order valence-corrected chi connectivity index (χ3v) is 11.4. The third-order valence-electron chi connectivity index (χ3n) is 8.71. The minimum atomic E-state index is -3.93. The number of hydrogen-bond acceptors (Lipinski definition) is 5. The Balaban J connectivity index is 1.36. The Hall–Kier alpha value is -3.67. The largest absolute Gasteiger partial charge is 0.336 e. The SMILES string of the molecule is N#CC1(NC(=O)C2CC(S(=O)(=O)C(c3ccccc3)c3ccccc3)CN2C(=O)C2(c3ccc(Cl)cc3)CC2)CC1. The number of nitrogens with zero attached hydrogens (tertiary/aromatic N) is 2. The molecular formula is C32H30ClN3O4S. The first-order valence-electron chi connectivity index (χ1n) is 13.8. The Morgan fingerprint density at radius 2 is 1.46 bits per heavy atom. The summed E-state index contributed by atoms with van der Waals surface area (Å²) in [4.78, 5) is 29.3. The number of nitrogens with one attached hydrogen (secondary N) is 1. The summed E-state index contributed by atoms with van der Waals surface area (Å²) in [7, 11) is -3.93. The van der Waals surface area contributed by atoms with Crippen LogP contribution in [0.2, 0.25) is 5.02 Å². The lowest BCUT2D eigenvalue weighted by molar-refractivity contribution is -0.140. The van der Waals surface area contributed by atoms with E-state index in [0.717, 1.165) is 5.56 Å². The van der Waals surface area contributed by atoms with Crippen molar-refractivity contribution in [2.75, 3.05) is 6.54 Å². The molecule has 210 valence electrons. The molecule has 0 aromatic heterocycles. The van der Waals surface area contributed by atoms with Crippen LogP contribution in [0.5, 0.6) is 0 Å². The van der Waals surface area contributed by atoms with Gasteiger partial charge in [0, 0.05) is 11.6 Å². The lowest BCUT2D eigenvalue weighted by Crippen LogP contribution is -2.51. The van der Waals surface area contributed by atoms with E-state index in [0.29, 0.717) is 41.8 Å². The number of benzene rings is 3. The van der Waals surface area contributed by atoms with Gasteiger partial charge < -0.3 is 10.2 Å². The van der Waals surface area contributed by atoms with Crippen LogP contribution >= 0.6 is 11.6 Å². The van der Waals surface area contributed by atoms with Crippen molar-refractivity contribution in [2.24, 2.45) is 0 Å². The monoisotopic (exact) mass is 587 g/mol. The molecule has 3 fully saturated rings. The first-order valence-corrected chi connectivity index (χ1v) is 15.8. The highest BCUT2D eigenvalue weighted by molar-refractivity contribution is 7.92. The van der Waals surface area contributed by atoms with Gasteiger partial charge in [-0.1, -0.05) is 84.4 Å². The van der Waals surface area contributed by atoms with Crippen molar-refractivity contribution in [3.63, 3.8) is 0 Å². The van der Waals surface area contributed by atoms with Gasteiger partial charge in [0.1, 0.15) is 16.8 Å². The Morgan fingerprint density at radius 3 is 1.95 bits per heavy atom. The molecule has 7 nitrogen and oxygen atoms in total. The number of nitriles is 1. The Kier molecular flexibility index (Phi) is 6.91. The molecule has 1 saturated heterocycles. The molecule has 3 aliphatic rings. The van der Waals surface area contributed by atoms with Gasteiger partial charge >= 0.3 is 0 Å². The van der Waals surface area contributed by atoms with Crippen molar-refractivity contribution >= 4 is 33.3 Å². The van der Waals surface area contributed by atoms with Crippen LogP contribution in [0.3, 0.4) is 0 Å². The highest BCUT2D eigenvalue weighted by Crippen LogP contribution is 2.51. The average Bonchev–Trinajstić information content (AvgIpc) is 3.90. The van der Waals surface area contributed by atoms with Crippen LogP contribution in [0.25, 0.3) is 0 Å². The zero-order valence-corrected chi connectivity index (χ0v) is 23.9. The standard InChI is InChI=1S/C32H30ClN3O4S/c33-25-13-11-24(12-14-25)32(17-18-32)30(38)36-20-26(19-27(36)29(37)35-31(21-34)15-16-31)41(39,40)28(22-7-3-1-4-8-22)23-9-5-2-6-10-23/h1-14,26-28H,15-20H2,(H,35,37). The molecule has 3 aromatic carbocycles. The van der Waals surface area contributed by atoms with Crippen molar-refractivity contribution in [3.05, 3.63) is 107 Å². The number of likely N-dealkylation sites (tertiary alicyclic amines) is 1. The fourth-order valence-corrected chi connectivity index (χ4v) is 8.43. The maximum absolute atomic E-state index is 14.5. The Bertz CT molecular complexity index is 1570. The maximum atomic E-state index is 14.5. The maximum Gasteiger partial charge on any atom is 0.244 e. The summed E-state index contributed by atoms with van der Waals surface area (Å²) in [6, 6.07) is 26.4. The molecule has 0 bridgehead atoms. The molecule has 2 saturated carbocycles. The molecule has 6 rings (SSSR count). The number of sulfone groups is 1. The number of carbonyl (C=O) groups is 2. The number of hydrogen-bond donors (Lipinski definition) is 1. The van der Waals surface area contributed by atoms with E-state index in [9.17, 15) is 23.3 Å². The second kappa shape index (κ2) is 10.3. The molecule has 2 unspecified atom stereocenters.